The van der Waals surface area contributed by atoms with Gasteiger partial charge in [-0.25, -0.2) is 14.4 Å². The number of benzene rings is 1. The van der Waals surface area contributed by atoms with E-state index in [0.29, 0.717) is 12.2 Å². The smallest absolute Gasteiger partial charge is 0.417 e. The largest absolute Gasteiger partial charge is 0.439 e. The van der Waals surface area contributed by atoms with E-state index in [2.05, 4.69) is 35.2 Å². The molecule has 0 radical (unpaired) electrons. The minimum atomic E-state index is -4.64. The lowest BCUT2D eigenvalue weighted by molar-refractivity contribution is -0.158. The van der Waals surface area contributed by atoms with Gasteiger partial charge in [0.25, 0.3) is 0 Å². The van der Waals surface area contributed by atoms with Crippen LogP contribution in [0.2, 0.25) is 25.7 Å². The number of amides is 2. The van der Waals surface area contributed by atoms with Crippen molar-refractivity contribution in [3.05, 3.63) is 41.7 Å². The zero-order chi connectivity index (χ0) is 25.8. The van der Waals surface area contributed by atoms with Crippen LogP contribution in [-0.4, -0.2) is 64.0 Å². The van der Waals surface area contributed by atoms with Crippen molar-refractivity contribution in [1.29, 1.82) is 0 Å². The number of nitrogens with zero attached hydrogens (tertiary/aromatic N) is 5. The van der Waals surface area contributed by atoms with Gasteiger partial charge in [-0.3, -0.25) is 4.79 Å². The fourth-order valence-corrected chi connectivity index (χ4v) is 4.54. The molecule has 0 bridgehead atoms. The van der Waals surface area contributed by atoms with E-state index in [-0.39, 0.29) is 12.6 Å². The van der Waals surface area contributed by atoms with Crippen molar-refractivity contribution in [2.45, 2.75) is 70.5 Å². The highest BCUT2D eigenvalue weighted by atomic mass is 28.3. The second kappa shape index (κ2) is 10.9. The standard InChI is InChI=1S/C22H30F3N5O4Si/c1-15-19(16-8-6-5-7-9-16)34-21(32)30(15)20(31)17(13-22(23,24)25)12-18-26-27-28-29(18)14-33-10-11-35(2,3)4/h5-9,15,17,19H,10-14H2,1-4H3/t15-,17?,19-/m1/s1. The molecule has 3 atom stereocenters. The lowest BCUT2D eigenvalue weighted by Crippen LogP contribution is -2.43. The summed E-state index contributed by atoms with van der Waals surface area (Å²) in [5, 5.41) is 11.1. The van der Waals surface area contributed by atoms with Crippen LogP contribution in [0.15, 0.2) is 30.3 Å². The van der Waals surface area contributed by atoms with Crippen molar-refractivity contribution in [1.82, 2.24) is 25.1 Å². The first-order valence-corrected chi connectivity index (χ1v) is 15.0. The van der Waals surface area contributed by atoms with E-state index in [4.69, 9.17) is 9.47 Å². The number of hydrogen-bond acceptors (Lipinski definition) is 7. The molecule has 0 saturated carbocycles. The molecule has 1 aliphatic rings. The van der Waals surface area contributed by atoms with E-state index in [1.54, 1.807) is 37.3 Å². The highest BCUT2D eigenvalue weighted by Crippen LogP contribution is 2.35. The molecule has 2 heterocycles. The highest BCUT2D eigenvalue weighted by Gasteiger charge is 2.47. The van der Waals surface area contributed by atoms with Gasteiger partial charge in [-0.1, -0.05) is 50.0 Å². The van der Waals surface area contributed by atoms with Gasteiger partial charge in [-0.2, -0.15) is 13.2 Å². The third-order valence-corrected chi connectivity index (χ3v) is 7.41. The first-order chi connectivity index (χ1) is 16.4. The average molecular weight is 514 g/mol. The monoisotopic (exact) mass is 513 g/mol. The van der Waals surface area contributed by atoms with Gasteiger partial charge in [0.05, 0.1) is 18.4 Å². The number of halogens is 3. The summed E-state index contributed by atoms with van der Waals surface area (Å²) < 4.78 is 52.4. The molecule has 192 valence electrons. The van der Waals surface area contributed by atoms with Crippen LogP contribution in [0.3, 0.4) is 0 Å². The number of rotatable bonds is 10. The minimum absolute atomic E-state index is 0.0437. The summed E-state index contributed by atoms with van der Waals surface area (Å²) >= 11 is 0. The van der Waals surface area contributed by atoms with Crippen molar-refractivity contribution in [3.63, 3.8) is 0 Å². The van der Waals surface area contributed by atoms with E-state index in [9.17, 15) is 22.8 Å². The molecular formula is C22H30F3N5O4Si. The predicted octanol–water partition coefficient (Wildman–Crippen LogP) is 4.21. The van der Waals surface area contributed by atoms with Gasteiger partial charge in [0.1, 0.15) is 12.8 Å². The number of aromatic nitrogens is 4. The van der Waals surface area contributed by atoms with Gasteiger partial charge in [0.2, 0.25) is 5.91 Å². The van der Waals surface area contributed by atoms with Crippen molar-refractivity contribution < 1.29 is 32.2 Å². The van der Waals surface area contributed by atoms with Crippen molar-refractivity contribution >= 4 is 20.1 Å². The van der Waals surface area contributed by atoms with Gasteiger partial charge in [0.15, 0.2) is 5.82 Å². The molecule has 2 amide bonds. The summed E-state index contributed by atoms with van der Waals surface area (Å²) in [4.78, 5) is 26.6. The Morgan fingerprint density at radius 1 is 1.23 bits per heavy atom. The Balaban J connectivity index is 1.75. The molecule has 3 rings (SSSR count). The summed E-state index contributed by atoms with van der Waals surface area (Å²) in [6.07, 6.45) is -8.23. The van der Waals surface area contributed by atoms with Crippen LogP contribution >= 0.6 is 0 Å². The Labute approximate surface area is 202 Å². The van der Waals surface area contributed by atoms with Crippen LogP contribution in [0, 0.1) is 5.92 Å². The normalized spacial score (nSPS) is 19.6. The topological polar surface area (TPSA) is 99.4 Å². The maximum Gasteiger partial charge on any atom is 0.417 e. The number of tetrazole rings is 1. The summed E-state index contributed by atoms with van der Waals surface area (Å²) in [7, 11) is -1.32. The van der Waals surface area contributed by atoms with Gasteiger partial charge in [0, 0.05) is 21.1 Å². The lowest BCUT2D eigenvalue weighted by atomic mass is 9.97. The van der Waals surface area contributed by atoms with Gasteiger partial charge in [-0.05, 0) is 29.0 Å². The predicted molar refractivity (Wildman–Crippen MR) is 122 cm³/mol. The van der Waals surface area contributed by atoms with E-state index in [1.165, 1.54) is 4.68 Å². The van der Waals surface area contributed by atoms with E-state index < -0.39 is 57.2 Å². The Morgan fingerprint density at radius 3 is 2.54 bits per heavy atom. The Bertz CT molecular complexity index is 1010. The molecule has 1 fully saturated rings. The number of carbonyl (C=O) groups is 2. The fraction of sp³-hybridized carbons (Fsp3) is 0.591. The van der Waals surface area contributed by atoms with Gasteiger partial charge >= 0.3 is 12.3 Å². The third kappa shape index (κ3) is 7.34. The Hall–Kier alpha value is -2.80. The lowest BCUT2D eigenvalue weighted by Gasteiger charge is -2.25. The second-order valence-corrected chi connectivity index (χ2v) is 15.4. The SMILES string of the molecule is C[C@@H]1[C@H](c2ccccc2)OC(=O)N1C(=O)C(Cc1nnnn1COCC[Si](C)(C)C)CC(F)(F)F. The summed E-state index contributed by atoms with van der Waals surface area (Å²) in [5.74, 6) is -2.51. The first kappa shape index (κ1) is 26.8. The molecule has 35 heavy (non-hydrogen) atoms. The average Bonchev–Trinajstić information content (AvgIpc) is 3.32. The van der Waals surface area contributed by atoms with Crippen LogP contribution < -0.4 is 0 Å². The van der Waals surface area contributed by atoms with Crippen LogP contribution in [0.4, 0.5) is 18.0 Å². The maximum absolute atomic E-state index is 13.4. The molecule has 1 saturated heterocycles. The van der Waals surface area contributed by atoms with Gasteiger partial charge < -0.3 is 9.47 Å². The molecule has 1 aromatic heterocycles. The summed E-state index contributed by atoms with van der Waals surface area (Å²) in [6, 6.07) is 8.85. The molecule has 9 nitrogen and oxygen atoms in total. The molecule has 2 aromatic rings. The van der Waals surface area contributed by atoms with Crippen LogP contribution in [0.25, 0.3) is 0 Å². The quantitative estimate of drug-likeness (QED) is 0.347. The summed E-state index contributed by atoms with van der Waals surface area (Å²) in [5.41, 5.74) is 0.649. The zero-order valence-electron chi connectivity index (χ0n) is 20.2. The molecule has 0 spiro atoms. The van der Waals surface area contributed by atoms with E-state index in [0.717, 1.165) is 10.9 Å². The number of ether oxygens (including phenoxy) is 2. The number of carbonyl (C=O) groups excluding carboxylic acids is 2. The number of hydrogen-bond donors (Lipinski definition) is 0. The molecule has 0 N–H and O–H groups in total. The summed E-state index contributed by atoms with van der Waals surface area (Å²) in [6.45, 7) is 8.58. The van der Waals surface area contributed by atoms with Gasteiger partial charge in [-0.15, -0.1) is 5.10 Å². The van der Waals surface area contributed by atoms with Crippen LogP contribution in [0.1, 0.15) is 30.8 Å². The van der Waals surface area contributed by atoms with Crippen LogP contribution in [-0.2, 0) is 27.4 Å². The number of cyclic esters (lactones) is 1. The fourth-order valence-electron chi connectivity index (χ4n) is 3.79. The van der Waals surface area contributed by atoms with Crippen LogP contribution in [0.5, 0.6) is 0 Å². The second-order valence-electron chi connectivity index (χ2n) is 9.83. The molecule has 13 heteroatoms. The molecule has 1 unspecified atom stereocenters. The highest BCUT2D eigenvalue weighted by molar-refractivity contribution is 6.76. The van der Waals surface area contributed by atoms with E-state index >= 15 is 0 Å². The van der Waals surface area contributed by atoms with Crippen molar-refractivity contribution in [3.8, 4) is 0 Å². The van der Waals surface area contributed by atoms with E-state index in [1.807, 2.05) is 0 Å². The van der Waals surface area contributed by atoms with Crippen molar-refractivity contribution in [2.24, 2.45) is 5.92 Å². The maximum atomic E-state index is 13.4. The Morgan fingerprint density at radius 2 is 1.91 bits per heavy atom. The van der Waals surface area contributed by atoms with Crippen molar-refractivity contribution in [2.75, 3.05) is 6.61 Å². The minimum Gasteiger partial charge on any atom is -0.439 e. The number of imide groups is 1. The molecule has 1 aliphatic heterocycles. The molecular weight excluding hydrogens is 483 g/mol. The zero-order valence-corrected chi connectivity index (χ0v) is 21.2. The third-order valence-electron chi connectivity index (χ3n) is 5.71. The molecule has 0 aliphatic carbocycles. The Kier molecular flexibility index (Phi) is 8.31. The molecule has 1 aromatic carbocycles. The first-order valence-electron chi connectivity index (χ1n) is 11.3. The number of alkyl halides is 3.